The molecule has 0 atom stereocenters. The van der Waals surface area contributed by atoms with E-state index in [9.17, 15) is 4.79 Å². The van der Waals surface area contributed by atoms with E-state index < -0.39 is 5.97 Å². The fourth-order valence-electron chi connectivity index (χ4n) is 1.99. The lowest BCUT2D eigenvalue weighted by Gasteiger charge is -2.14. The van der Waals surface area contributed by atoms with E-state index in [4.69, 9.17) is 14.2 Å². The Morgan fingerprint density at radius 3 is 2.67 bits per heavy atom. The first-order valence-corrected chi connectivity index (χ1v) is 6.87. The number of benzene rings is 1. The van der Waals surface area contributed by atoms with Gasteiger partial charge in [-0.2, -0.15) is 0 Å². The molecule has 0 aliphatic rings. The molecule has 0 amide bonds. The number of methoxy groups -OCH3 is 1. The molecule has 5 nitrogen and oxygen atoms in total. The highest BCUT2D eigenvalue weighted by Gasteiger charge is 2.14. The predicted molar refractivity (Wildman–Crippen MR) is 80.0 cm³/mol. The van der Waals surface area contributed by atoms with E-state index in [1.165, 1.54) is 7.11 Å². The lowest BCUT2D eigenvalue weighted by atomic mass is 10.1. The highest BCUT2D eigenvalue weighted by molar-refractivity contribution is 5.94. The molecule has 0 aliphatic heterocycles. The number of rotatable bonds is 5. The molecule has 0 aliphatic carbocycles. The molecular formula is C16H19NO4. The van der Waals surface area contributed by atoms with Gasteiger partial charge in [-0.1, -0.05) is 0 Å². The normalized spacial score (nSPS) is 10.7. The van der Waals surface area contributed by atoms with Gasteiger partial charge in [0, 0.05) is 11.5 Å². The van der Waals surface area contributed by atoms with Gasteiger partial charge in [-0.3, -0.25) is 0 Å². The van der Waals surface area contributed by atoms with Gasteiger partial charge in [-0.25, -0.2) is 9.78 Å². The molecule has 0 unspecified atom stereocenters. The minimum Gasteiger partial charge on any atom is -0.494 e. The molecule has 0 fully saturated rings. The maximum absolute atomic E-state index is 11.7. The molecule has 0 saturated heterocycles. The van der Waals surface area contributed by atoms with Crippen LogP contribution >= 0.6 is 0 Å². The second kappa shape index (κ2) is 6.43. The van der Waals surface area contributed by atoms with Gasteiger partial charge in [0.1, 0.15) is 11.5 Å². The summed E-state index contributed by atoms with van der Waals surface area (Å²) < 4.78 is 16.0. The van der Waals surface area contributed by atoms with E-state index >= 15 is 0 Å². The van der Waals surface area contributed by atoms with Gasteiger partial charge < -0.3 is 14.2 Å². The predicted octanol–water partition coefficient (Wildman–Crippen LogP) is 3.21. The number of fused-ring (bicyclic) bond motifs is 1. The summed E-state index contributed by atoms with van der Waals surface area (Å²) in [6.07, 6.45) is -0.0168. The summed E-state index contributed by atoms with van der Waals surface area (Å²) in [6.45, 7) is 6.36. The van der Waals surface area contributed by atoms with Crippen molar-refractivity contribution in [2.45, 2.75) is 26.9 Å². The van der Waals surface area contributed by atoms with Crippen LogP contribution in [0, 0.1) is 0 Å². The van der Waals surface area contributed by atoms with Crippen LogP contribution in [0.2, 0.25) is 0 Å². The molecule has 1 aromatic heterocycles. The van der Waals surface area contributed by atoms with Crippen molar-refractivity contribution in [2.75, 3.05) is 13.7 Å². The lowest BCUT2D eigenvalue weighted by Crippen LogP contribution is -2.09. The number of pyridine rings is 1. The van der Waals surface area contributed by atoms with Crippen LogP contribution in [0.3, 0.4) is 0 Å². The van der Waals surface area contributed by atoms with Crippen LogP contribution in [0.1, 0.15) is 31.3 Å². The Labute approximate surface area is 123 Å². The fraction of sp³-hybridized carbons (Fsp3) is 0.375. The largest absolute Gasteiger partial charge is 0.494 e. The average Bonchev–Trinajstić information content (AvgIpc) is 2.46. The Morgan fingerprint density at radius 1 is 1.29 bits per heavy atom. The molecule has 0 spiro atoms. The Morgan fingerprint density at radius 2 is 2.05 bits per heavy atom. The lowest BCUT2D eigenvalue weighted by molar-refractivity contribution is 0.0593. The quantitative estimate of drug-likeness (QED) is 0.791. The third-order valence-corrected chi connectivity index (χ3v) is 2.81. The van der Waals surface area contributed by atoms with E-state index in [0.717, 1.165) is 11.1 Å². The summed E-state index contributed by atoms with van der Waals surface area (Å²) >= 11 is 0. The van der Waals surface area contributed by atoms with Gasteiger partial charge in [0.2, 0.25) is 0 Å². The minimum atomic E-state index is -0.487. The highest BCUT2D eigenvalue weighted by atomic mass is 16.5. The summed E-state index contributed by atoms with van der Waals surface area (Å²) in [7, 11) is 1.33. The summed E-state index contributed by atoms with van der Waals surface area (Å²) in [5.41, 5.74) is 0.891. The maximum Gasteiger partial charge on any atom is 0.356 e. The topological polar surface area (TPSA) is 57.7 Å². The van der Waals surface area contributed by atoms with Crippen LogP contribution in [-0.2, 0) is 4.74 Å². The van der Waals surface area contributed by atoms with Gasteiger partial charge in [0.05, 0.1) is 25.3 Å². The number of aromatic nitrogens is 1. The molecule has 21 heavy (non-hydrogen) atoms. The van der Waals surface area contributed by atoms with Crippen LogP contribution in [0.25, 0.3) is 10.9 Å². The first-order valence-electron chi connectivity index (χ1n) is 6.87. The van der Waals surface area contributed by atoms with Crippen LogP contribution in [0.15, 0.2) is 24.3 Å². The summed E-state index contributed by atoms with van der Waals surface area (Å²) in [5, 5.41) is 0.808. The second-order valence-electron chi connectivity index (χ2n) is 4.78. The van der Waals surface area contributed by atoms with Crippen LogP contribution in [0.5, 0.6) is 11.5 Å². The zero-order chi connectivity index (χ0) is 15.4. The zero-order valence-corrected chi connectivity index (χ0v) is 12.7. The van der Waals surface area contributed by atoms with Crippen molar-refractivity contribution in [3.05, 3.63) is 30.0 Å². The molecule has 5 heteroatoms. The number of carbonyl (C=O) groups is 1. The SMILES string of the molecule is CCOc1ccc2nc(C(=O)OC)cc(OC(C)C)c2c1. The number of esters is 1. The van der Waals surface area contributed by atoms with E-state index in [0.29, 0.717) is 17.9 Å². The van der Waals surface area contributed by atoms with Crippen molar-refractivity contribution >= 4 is 16.9 Å². The molecular weight excluding hydrogens is 270 g/mol. The molecule has 112 valence electrons. The average molecular weight is 289 g/mol. The summed E-state index contributed by atoms with van der Waals surface area (Å²) in [5.74, 6) is 0.850. The third kappa shape index (κ3) is 3.42. The molecule has 0 bridgehead atoms. The number of ether oxygens (including phenoxy) is 3. The van der Waals surface area contributed by atoms with E-state index in [1.54, 1.807) is 12.1 Å². The third-order valence-electron chi connectivity index (χ3n) is 2.81. The number of carbonyl (C=O) groups excluding carboxylic acids is 1. The Kier molecular flexibility index (Phi) is 4.62. The molecule has 2 aromatic rings. The highest BCUT2D eigenvalue weighted by Crippen LogP contribution is 2.30. The van der Waals surface area contributed by atoms with Crippen molar-refractivity contribution < 1.29 is 19.0 Å². The first kappa shape index (κ1) is 15.1. The molecule has 0 saturated carbocycles. The van der Waals surface area contributed by atoms with Gasteiger partial charge in [0.15, 0.2) is 5.69 Å². The van der Waals surface area contributed by atoms with Crippen LogP contribution < -0.4 is 9.47 Å². The molecule has 0 N–H and O–H groups in total. The van der Waals surface area contributed by atoms with E-state index in [-0.39, 0.29) is 11.8 Å². The minimum absolute atomic E-state index is 0.0168. The van der Waals surface area contributed by atoms with Gasteiger partial charge >= 0.3 is 5.97 Å². The van der Waals surface area contributed by atoms with Gasteiger partial charge in [-0.15, -0.1) is 0 Å². The van der Waals surface area contributed by atoms with Gasteiger partial charge in [-0.05, 0) is 39.0 Å². The summed E-state index contributed by atoms with van der Waals surface area (Å²) in [6, 6.07) is 7.09. The van der Waals surface area contributed by atoms with E-state index in [2.05, 4.69) is 4.98 Å². The van der Waals surface area contributed by atoms with Crippen LogP contribution in [-0.4, -0.2) is 30.8 Å². The molecule has 0 radical (unpaired) electrons. The number of hydrogen-bond acceptors (Lipinski definition) is 5. The standard InChI is InChI=1S/C16H19NO4/c1-5-20-11-6-7-13-12(8-11)15(21-10(2)3)9-14(17-13)16(18)19-4/h6-10H,5H2,1-4H3. The maximum atomic E-state index is 11.7. The number of hydrogen-bond donors (Lipinski definition) is 0. The van der Waals surface area contributed by atoms with Gasteiger partial charge in [0.25, 0.3) is 0 Å². The van der Waals surface area contributed by atoms with Crippen molar-refractivity contribution in [1.82, 2.24) is 4.98 Å². The van der Waals surface area contributed by atoms with Crippen molar-refractivity contribution in [1.29, 1.82) is 0 Å². The molecule has 1 aromatic carbocycles. The van der Waals surface area contributed by atoms with Crippen LogP contribution in [0.4, 0.5) is 0 Å². The summed E-state index contributed by atoms with van der Waals surface area (Å²) in [4.78, 5) is 16.0. The zero-order valence-electron chi connectivity index (χ0n) is 12.7. The van der Waals surface area contributed by atoms with E-state index in [1.807, 2.05) is 32.9 Å². The Bertz CT molecular complexity index is 652. The Hall–Kier alpha value is -2.30. The van der Waals surface area contributed by atoms with Crippen molar-refractivity contribution in [3.63, 3.8) is 0 Å². The molecule has 2 rings (SSSR count). The smallest absolute Gasteiger partial charge is 0.356 e. The number of nitrogens with zero attached hydrogens (tertiary/aromatic N) is 1. The Balaban J connectivity index is 2.59. The molecule has 1 heterocycles. The second-order valence-corrected chi connectivity index (χ2v) is 4.78. The van der Waals surface area contributed by atoms with Crippen molar-refractivity contribution in [3.8, 4) is 11.5 Å². The fourth-order valence-corrected chi connectivity index (χ4v) is 1.99. The monoisotopic (exact) mass is 289 g/mol. The first-order chi connectivity index (χ1) is 10.0. The van der Waals surface area contributed by atoms with Crippen molar-refractivity contribution in [2.24, 2.45) is 0 Å².